The van der Waals surface area contributed by atoms with Gasteiger partial charge in [0.15, 0.2) is 12.4 Å². The highest BCUT2D eigenvalue weighted by atomic mass is 16.5. The Hall–Kier alpha value is -1.98. The third-order valence-electron chi connectivity index (χ3n) is 6.16. The fourth-order valence-electron chi connectivity index (χ4n) is 3.19. The van der Waals surface area contributed by atoms with Crippen LogP contribution in [0.5, 0.6) is 0 Å². The summed E-state index contributed by atoms with van der Waals surface area (Å²) in [5.74, 6) is 1.22. The average Bonchev–Trinajstić information content (AvgIpc) is 2.85. The van der Waals surface area contributed by atoms with Crippen LogP contribution in [0.4, 0.5) is 0 Å². The monoisotopic (exact) mass is 574 g/mol. The van der Waals surface area contributed by atoms with Crippen LogP contribution in [-0.4, -0.2) is 42.2 Å². The summed E-state index contributed by atoms with van der Waals surface area (Å²) in [6.45, 7) is 17.3. The lowest BCUT2D eigenvalue weighted by Crippen LogP contribution is -2.41. The van der Waals surface area contributed by atoms with Crippen molar-refractivity contribution in [3.63, 3.8) is 0 Å². The Morgan fingerprint density at radius 1 is 0.700 bits per heavy atom. The van der Waals surface area contributed by atoms with Crippen molar-refractivity contribution in [2.45, 2.75) is 146 Å². The summed E-state index contributed by atoms with van der Waals surface area (Å²) in [6, 6.07) is 8.65. The largest absolute Gasteiger partial charge is 0.619 e. The second-order valence-electron chi connectivity index (χ2n) is 8.30. The van der Waals surface area contributed by atoms with E-state index < -0.39 is 0 Å². The minimum absolute atomic E-state index is 0. The van der Waals surface area contributed by atoms with Crippen molar-refractivity contribution in [1.29, 1.82) is 0 Å². The van der Waals surface area contributed by atoms with Crippen LogP contribution in [0.3, 0.4) is 0 Å². The zero-order valence-electron chi connectivity index (χ0n) is 20.5. The molecule has 5 heteroatoms. The summed E-state index contributed by atoms with van der Waals surface area (Å²) in [4.78, 5) is 6.45. The van der Waals surface area contributed by atoms with Crippen molar-refractivity contribution in [1.82, 2.24) is 9.88 Å². The molecule has 0 N–H and O–H groups in total. The lowest BCUT2D eigenvalue weighted by Gasteiger charge is -2.31. The molecule has 3 heterocycles. The number of hydrogen-bond donors (Lipinski definition) is 0. The first-order valence-electron chi connectivity index (χ1n) is 11.8. The maximum atomic E-state index is 10.6. The molecule has 1 aliphatic heterocycles. The van der Waals surface area contributed by atoms with Crippen LogP contribution < -0.4 is 4.73 Å². The van der Waals surface area contributed by atoms with Crippen LogP contribution in [0.15, 0.2) is 49.1 Å². The summed E-state index contributed by atoms with van der Waals surface area (Å²) in [5.41, 5.74) is 2.62. The summed E-state index contributed by atoms with van der Waals surface area (Å²) in [5, 5.41) is 10.6. The molecule has 2 aromatic heterocycles. The molecule has 3 unspecified atom stereocenters. The molecule has 40 heavy (non-hydrogen) atoms. The molecular weight excluding hydrogens is 494 g/mol. The smallest absolute Gasteiger partial charge is 0.180 e. The third kappa shape index (κ3) is 25.0. The highest BCUT2D eigenvalue weighted by molar-refractivity contribution is 5.14. The van der Waals surface area contributed by atoms with Gasteiger partial charge in [0.1, 0.15) is 0 Å². The molecule has 2 aromatic rings. The van der Waals surface area contributed by atoms with Gasteiger partial charge in [-0.05, 0) is 61.3 Å². The molecule has 0 spiro atoms. The average molecular weight is 574 g/mol. The van der Waals surface area contributed by atoms with Gasteiger partial charge in [0.2, 0.25) is 0 Å². The second kappa shape index (κ2) is 37.0. The van der Waals surface area contributed by atoms with Crippen molar-refractivity contribution in [2.24, 2.45) is 0 Å². The Bertz CT molecular complexity index is 675. The van der Waals surface area contributed by atoms with E-state index in [1.54, 1.807) is 12.4 Å². The fourth-order valence-corrected chi connectivity index (χ4v) is 3.19. The third-order valence-corrected chi connectivity index (χ3v) is 6.16. The predicted molar refractivity (Wildman–Crippen MR) is 190 cm³/mol. The molecule has 3 atom stereocenters. The molecule has 0 aromatic carbocycles. The molecule has 246 valence electrons. The predicted octanol–water partition coefficient (Wildman–Crippen LogP) is 11.3. The van der Waals surface area contributed by atoms with Crippen molar-refractivity contribution in [3.8, 4) is 0 Å². The van der Waals surface area contributed by atoms with Crippen LogP contribution in [-0.2, 0) is 4.74 Å². The Morgan fingerprint density at radius 2 is 1.07 bits per heavy atom. The first kappa shape index (κ1) is 61.9. The van der Waals surface area contributed by atoms with Crippen LogP contribution >= 0.6 is 0 Å². The maximum absolute atomic E-state index is 10.6. The number of nitrogens with zero attached hydrogens (tertiary/aromatic N) is 3. The van der Waals surface area contributed by atoms with E-state index in [9.17, 15) is 5.21 Å². The second-order valence-corrected chi connectivity index (χ2v) is 8.30. The van der Waals surface area contributed by atoms with Gasteiger partial charge in [-0.2, -0.15) is 4.73 Å². The number of aromatic nitrogens is 2. The quantitative estimate of drug-likeness (QED) is 0.255. The standard InChI is InChI=1S/C9H13NO.C9H13N.C8H17NO.9CH4/c1-3-8(2)9-4-6-10(11)7-5-9;2*1-3-8(2)9-4-6-10-7-5-9;;;;;;;;;/h4-8H,3H2,1-2H3;4-8H,3H2,1-2H3;8H,3-7H2,1-2H3;9*1H4. The van der Waals surface area contributed by atoms with Gasteiger partial charge in [0.05, 0.1) is 13.2 Å². The molecule has 0 radical (unpaired) electrons. The highest BCUT2D eigenvalue weighted by Gasteiger charge is 2.14. The van der Waals surface area contributed by atoms with Gasteiger partial charge >= 0.3 is 0 Å². The molecular formula is C35H79N3O2. The van der Waals surface area contributed by atoms with Crippen LogP contribution in [0, 0.1) is 5.21 Å². The molecule has 0 bridgehead atoms. The summed E-state index contributed by atoms with van der Waals surface area (Å²) in [7, 11) is 0. The number of rotatable bonds is 6. The molecule has 5 nitrogen and oxygen atoms in total. The summed E-state index contributed by atoms with van der Waals surface area (Å²) >= 11 is 0. The molecule has 1 saturated heterocycles. The summed E-state index contributed by atoms with van der Waals surface area (Å²) < 4.78 is 6.06. The maximum Gasteiger partial charge on any atom is 0.180 e. The number of ether oxygens (including phenoxy) is 1. The van der Waals surface area contributed by atoms with E-state index in [1.807, 2.05) is 24.5 Å². The lowest BCUT2D eigenvalue weighted by molar-refractivity contribution is -0.605. The van der Waals surface area contributed by atoms with Crippen molar-refractivity contribution >= 4 is 0 Å². The lowest BCUT2D eigenvalue weighted by atomic mass is 10.0. The Labute approximate surface area is 256 Å². The van der Waals surface area contributed by atoms with Gasteiger partial charge in [-0.25, -0.2) is 0 Å². The Balaban J connectivity index is -0.0000000463. The molecule has 0 amide bonds. The first-order valence-corrected chi connectivity index (χ1v) is 11.8. The zero-order valence-corrected chi connectivity index (χ0v) is 20.5. The molecule has 1 fully saturated rings. The Morgan fingerprint density at radius 3 is 1.43 bits per heavy atom. The fraction of sp³-hybridized carbons (Fsp3) is 0.714. The van der Waals surface area contributed by atoms with Crippen molar-refractivity contribution in [2.75, 3.05) is 26.3 Å². The number of hydrogen-bond acceptors (Lipinski definition) is 4. The van der Waals surface area contributed by atoms with E-state index in [2.05, 4.69) is 63.6 Å². The normalized spacial score (nSPS) is 12.9. The topological polar surface area (TPSA) is 52.3 Å². The highest BCUT2D eigenvalue weighted by Crippen LogP contribution is 2.16. The first-order chi connectivity index (χ1) is 14.9. The van der Waals surface area contributed by atoms with E-state index >= 15 is 0 Å². The van der Waals surface area contributed by atoms with E-state index in [0.717, 1.165) is 43.5 Å². The van der Waals surface area contributed by atoms with Crippen LogP contribution in [0.2, 0.25) is 0 Å². The van der Waals surface area contributed by atoms with E-state index in [0.29, 0.717) is 11.8 Å². The van der Waals surface area contributed by atoms with Crippen LogP contribution in [0.1, 0.15) is 151 Å². The van der Waals surface area contributed by atoms with Gasteiger partial charge in [-0.3, -0.25) is 9.88 Å². The summed E-state index contributed by atoms with van der Waals surface area (Å²) in [6.07, 6.45) is 10.3. The minimum atomic E-state index is 0. The zero-order chi connectivity index (χ0) is 23.1. The molecule has 0 saturated carbocycles. The Kier molecular flexibility index (Phi) is 57.3. The molecule has 0 aliphatic carbocycles. The van der Waals surface area contributed by atoms with Crippen LogP contribution in [0.25, 0.3) is 0 Å². The molecule has 3 rings (SSSR count). The van der Waals surface area contributed by atoms with E-state index in [4.69, 9.17) is 4.74 Å². The SMILES string of the molecule is C.C.C.C.C.C.C.C.C.CCC(C)N1CCOCC1.CCC(C)c1cc[n+]([O-])cc1.CCC(C)c1ccncc1. The number of pyridine rings is 2. The number of morpholine rings is 1. The van der Waals surface area contributed by atoms with Gasteiger partial charge in [-0.1, -0.05) is 101 Å². The van der Waals surface area contributed by atoms with Gasteiger partial charge in [0.25, 0.3) is 0 Å². The van der Waals surface area contributed by atoms with E-state index in [-0.39, 0.29) is 66.8 Å². The van der Waals surface area contributed by atoms with Crippen molar-refractivity contribution in [3.05, 3.63) is 65.4 Å². The molecule has 1 aliphatic rings. The van der Waals surface area contributed by atoms with Gasteiger partial charge in [0, 0.05) is 43.7 Å². The van der Waals surface area contributed by atoms with Gasteiger partial charge in [-0.15, -0.1) is 0 Å². The van der Waals surface area contributed by atoms with E-state index in [1.165, 1.54) is 24.0 Å². The van der Waals surface area contributed by atoms with Crippen molar-refractivity contribution < 1.29 is 9.47 Å². The van der Waals surface area contributed by atoms with Gasteiger partial charge < -0.3 is 9.94 Å². The minimum Gasteiger partial charge on any atom is -0.619 e.